The third-order valence-electron chi connectivity index (χ3n) is 4.02. The molecule has 0 aliphatic rings. The van der Waals surface area contributed by atoms with Crippen molar-refractivity contribution in [1.82, 2.24) is 0 Å². The molecular formula is C21H23NO5. The van der Waals surface area contributed by atoms with E-state index in [2.05, 4.69) is 5.32 Å². The maximum atomic E-state index is 12.3. The Morgan fingerprint density at radius 1 is 1.00 bits per heavy atom. The second kappa shape index (κ2) is 8.98. The van der Waals surface area contributed by atoms with Crippen LogP contribution < -0.4 is 10.1 Å². The van der Waals surface area contributed by atoms with Crippen LogP contribution in [0.25, 0.3) is 0 Å². The predicted molar refractivity (Wildman–Crippen MR) is 102 cm³/mol. The predicted octanol–water partition coefficient (Wildman–Crippen LogP) is 3.46. The molecule has 0 fully saturated rings. The lowest BCUT2D eigenvalue weighted by Gasteiger charge is -2.16. The zero-order valence-electron chi connectivity index (χ0n) is 15.9. The van der Waals surface area contributed by atoms with E-state index in [0.717, 1.165) is 11.1 Å². The van der Waals surface area contributed by atoms with E-state index < -0.39 is 18.0 Å². The first-order chi connectivity index (χ1) is 12.8. The topological polar surface area (TPSA) is 81.7 Å². The molecular weight excluding hydrogens is 346 g/mol. The number of benzene rings is 2. The summed E-state index contributed by atoms with van der Waals surface area (Å²) >= 11 is 0. The van der Waals surface area contributed by atoms with Gasteiger partial charge in [-0.3, -0.25) is 9.59 Å². The highest BCUT2D eigenvalue weighted by Crippen LogP contribution is 2.20. The summed E-state index contributed by atoms with van der Waals surface area (Å²) in [5.74, 6) is -0.685. The van der Waals surface area contributed by atoms with E-state index in [0.29, 0.717) is 17.0 Å². The number of esters is 1. The van der Waals surface area contributed by atoms with Crippen molar-refractivity contribution in [3.63, 3.8) is 0 Å². The molecule has 2 aromatic carbocycles. The van der Waals surface area contributed by atoms with Crippen LogP contribution >= 0.6 is 0 Å². The Morgan fingerprint density at radius 2 is 1.59 bits per heavy atom. The molecule has 27 heavy (non-hydrogen) atoms. The van der Waals surface area contributed by atoms with Crippen molar-refractivity contribution in [3.05, 3.63) is 59.2 Å². The Labute approximate surface area is 158 Å². The Kier molecular flexibility index (Phi) is 6.71. The molecule has 6 nitrogen and oxygen atoms in total. The van der Waals surface area contributed by atoms with Crippen LogP contribution in [0.2, 0.25) is 0 Å². The molecule has 0 heterocycles. The van der Waals surface area contributed by atoms with E-state index in [4.69, 9.17) is 9.47 Å². The molecule has 2 rings (SSSR count). The van der Waals surface area contributed by atoms with Gasteiger partial charge in [-0.2, -0.15) is 0 Å². The number of aryl methyl sites for hydroxylation is 2. The van der Waals surface area contributed by atoms with Crippen LogP contribution in [-0.2, 0) is 14.3 Å². The second-order valence-electron chi connectivity index (χ2n) is 6.26. The van der Waals surface area contributed by atoms with Crippen molar-refractivity contribution in [2.45, 2.75) is 33.8 Å². The molecule has 0 unspecified atom stereocenters. The van der Waals surface area contributed by atoms with Gasteiger partial charge in [0.1, 0.15) is 5.75 Å². The van der Waals surface area contributed by atoms with Gasteiger partial charge in [0.25, 0.3) is 5.91 Å². The molecule has 0 spiro atoms. The maximum absolute atomic E-state index is 12.3. The van der Waals surface area contributed by atoms with Crippen molar-refractivity contribution in [2.75, 3.05) is 11.9 Å². The van der Waals surface area contributed by atoms with Gasteiger partial charge in [-0.05, 0) is 63.1 Å². The zero-order chi connectivity index (χ0) is 20.0. The third kappa shape index (κ3) is 5.67. The molecule has 0 aliphatic carbocycles. The average molecular weight is 369 g/mol. The summed E-state index contributed by atoms with van der Waals surface area (Å²) in [6, 6.07) is 12.1. The Hall–Kier alpha value is -3.15. The van der Waals surface area contributed by atoms with Crippen LogP contribution in [0.4, 0.5) is 5.69 Å². The number of anilines is 1. The number of Topliss-reactive ketones (excluding diaryl/α,β-unsaturated/α-hetero) is 1. The summed E-state index contributed by atoms with van der Waals surface area (Å²) in [6.07, 6.45) is -0.958. The number of carbonyl (C=O) groups is 3. The van der Waals surface area contributed by atoms with Crippen molar-refractivity contribution in [3.8, 4) is 5.75 Å². The molecule has 2 aromatic rings. The number of ketones is 1. The van der Waals surface area contributed by atoms with Crippen LogP contribution in [0, 0.1) is 13.8 Å². The summed E-state index contributed by atoms with van der Waals surface area (Å²) in [7, 11) is 0. The minimum Gasteiger partial charge on any atom is -0.482 e. The lowest BCUT2D eigenvalue weighted by atomic mass is 10.1. The molecule has 1 N–H and O–H groups in total. The quantitative estimate of drug-likeness (QED) is 0.597. The molecule has 0 aromatic heterocycles. The van der Waals surface area contributed by atoms with E-state index in [1.807, 2.05) is 32.0 Å². The van der Waals surface area contributed by atoms with Gasteiger partial charge in [0, 0.05) is 11.3 Å². The number of para-hydroxylation sites is 1. The summed E-state index contributed by atoms with van der Waals surface area (Å²) in [5.41, 5.74) is 3.13. The van der Waals surface area contributed by atoms with Gasteiger partial charge in [0.05, 0.1) is 0 Å². The van der Waals surface area contributed by atoms with E-state index in [1.165, 1.54) is 13.8 Å². The standard InChI is InChI=1S/C21H23NO5/c1-13-6-5-7-14(2)20(13)22-21(25)16(4)27-19(24)12-26-18-10-8-17(9-11-18)15(3)23/h5-11,16H,12H2,1-4H3,(H,22,25)/t16-/m1/s1. The van der Waals surface area contributed by atoms with Gasteiger partial charge >= 0.3 is 5.97 Å². The van der Waals surface area contributed by atoms with Crippen LogP contribution in [0.5, 0.6) is 5.75 Å². The first kappa shape index (κ1) is 20.2. The van der Waals surface area contributed by atoms with E-state index >= 15 is 0 Å². The number of nitrogens with one attached hydrogen (secondary N) is 1. The van der Waals surface area contributed by atoms with Gasteiger partial charge in [0.15, 0.2) is 18.5 Å². The fourth-order valence-electron chi connectivity index (χ4n) is 2.45. The van der Waals surface area contributed by atoms with E-state index in [1.54, 1.807) is 24.3 Å². The van der Waals surface area contributed by atoms with E-state index in [9.17, 15) is 14.4 Å². The molecule has 1 amide bonds. The summed E-state index contributed by atoms with van der Waals surface area (Å²) in [4.78, 5) is 35.4. The van der Waals surface area contributed by atoms with Crippen molar-refractivity contribution >= 4 is 23.3 Å². The average Bonchev–Trinajstić information content (AvgIpc) is 2.63. The Balaban J connectivity index is 1.85. The van der Waals surface area contributed by atoms with Crippen LogP contribution in [0.3, 0.4) is 0 Å². The molecule has 0 saturated carbocycles. The van der Waals surface area contributed by atoms with Gasteiger partial charge in [-0.25, -0.2) is 4.79 Å². The minimum absolute atomic E-state index is 0.0512. The lowest BCUT2D eigenvalue weighted by molar-refractivity contribution is -0.155. The Bertz CT molecular complexity index is 822. The number of hydrogen-bond acceptors (Lipinski definition) is 5. The van der Waals surface area contributed by atoms with Gasteiger partial charge in [0.2, 0.25) is 0 Å². The molecule has 0 bridgehead atoms. The fraction of sp³-hybridized carbons (Fsp3) is 0.286. The van der Waals surface area contributed by atoms with Crippen molar-refractivity contribution in [1.29, 1.82) is 0 Å². The summed E-state index contributed by atoms with van der Waals surface area (Å²) in [5, 5.41) is 2.79. The Morgan fingerprint density at radius 3 is 2.15 bits per heavy atom. The molecule has 1 atom stereocenters. The van der Waals surface area contributed by atoms with Gasteiger partial charge in [-0.15, -0.1) is 0 Å². The minimum atomic E-state index is -0.958. The SMILES string of the molecule is CC(=O)c1ccc(OCC(=O)O[C@H](C)C(=O)Nc2c(C)cccc2C)cc1. The highest BCUT2D eigenvalue weighted by Gasteiger charge is 2.19. The summed E-state index contributed by atoms with van der Waals surface area (Å²) in [6.45, 7) is 6.43. The zero-order valence-corrected chi connectivity index (χ0v) is 15.9. The molecule has 0 aliphatic heterocycles. The van der Waals surface area contributed by atoms with Crippen LogP contribution in [0.1, 0.15) is 35.3 Å². The lowest BCUT2D eigenvalue weighted by Crippen LogP contribution is -2.32. The number of hydrogen-bond donors (Lipinski definition) is 1. The molecule has 6 heteroatoms. The molecule has 142 valence electrons. The first-order valence-electron chi connectivity index (χ1n) is 8.58. The maximum Gasteiger partial charge on any atom is 0.344 e. The summed E-state index contributed by atoms with van der Waals surface area (Å²) < 4.78 is 10.4. The highest BCUT2D eigenvalue weighted by molar-refractivity contribution is 5.96. The number of rotatable bonds is 7. The third-order valence-corrected chi connectivity index (χ3v) is 4.02. The van der Waals surface area contributed by atoms with E-state index in [-0.39, 0.29) is 12.4 Å². The van der Waals surface area contributed by atoms with Crippen LogP contribution in [0.15, 0.2) is 42.5 Å². The largest absolute Gasteiger partial charge is 0.482 e. The van der Waals surface area contributed by atoms with Crippen molar-refractivity contribution < 1.29 is 23.9 Å². The number of carbonyl (C=O) groups excluding carboxylic acids is 3. The smallest absolute Gasteiger partial charge is 0.344 e. The second-order valence-corrected chi connectivity index (χ2v) is 6.26. The van der Waals surface area contributed by atoms with Gasteiger partial charge < -0.3 is 14.8 Å². The van der Waals surface area contributed by atoms with Crippen LogP contribution in [-0.4, -0.2) is 30.4 Å². The highest BCUT2D eigenvalue weighted by atomic mass is 16.6. The normalized spacial score (nSPS) is 11.4. The number of ether oxygens (including phenoxy) is 2. The molecule has 0 radical (unpaired) electrons. The van der Waals surface area contributed by atoms with Crippen molar-refractivity contribution in [2.24, 2.45) is 0 Å². The van der Waals surface area contributed by atoms with Gasteiger partial charge in [-0.1, -0.05) is 18.2 Å². The molecule has 0 saturated heterocycles. The monoisotopic (exact) mass is 369 g/mol. The fourth-order valence-corrected chi connectivity index (χ4v) is 2.45. The number of amides is 1. The first-order valence-corrected chi connectivity index (χ1v) is 8.58.